The smallest absolute Gasteiger partial charge is 0.277 e. The molecule has 0 fully saturated rings. The second kappa shape index (κ2) is 5.66. The Bertz CT molecular complexity index is 1140. The first-order chi connectivity index (χ1) is 12.4. The number of fused-ring (bicyclic) bond motifs is 1. The number of aromatic hydroxyl groups is 3. The Morgan fingerprint density at radius 1 is 0.962 bits per heavy atom. The highest BCUT2D eigenvalue weighted by atomic mass is 16.3. The van der Waals surface area contributed by atoms with Crippen LogP contribution in [0.3, 0.4) is 0 Å². The van der Waals surface area contributed by atoms with E-state index in [1.165, 1.54) is 16.7 Å². The number of aryl methyl sites for hydroxylation is 1. The molecule has 0 saturated heterocycles. The van der Waals surface area contributed by atoms with Crippen LogP contribution in [0.5, 0.6) is 17.2 Å². The third kappa shape index (κ3) is 2.46. The molecular weight excluding hydrogens is 334 g/mol. The van der Waals surface area contributed by atoms with Crippen LogP contribution in [0.15, 0.2) is 53.5 Å². The largest absolute Gasteiger partial charge is 0.508 e. The van der Waals surface area contributed by atoms with E-state index in [4.69, 9.17) is 0 Å². The van der Waals surface area contributed by atoms with Crippen LogP contribution < -0.4 is 5.56 Å². The van der Waals surface area contributed by atoms with Crippen LogP contribution in [0.1, 0.15) is 5.69 Å². The highest BCUT2D eigenvalue weighted by molar-refractivity contribution is 5.73. The molecule has 26 heavy (non-hydrogen) atoms. The molecule has 0 spiro atoms. The van der Waals surface area contributed by atoms with Crippen LogP contribution in [0, 0.1) is 6.92 Å². The molecule has 7 nitrogen and oxygen atoms in total. The molecule has 0 radical (unpaired) electrons. The van der Waals surface area contributed by atoms with E-state index in [1.54, 1.807) is 43.5 Å². The van der Waals surface area contributed by atoms with E-state index in [0.717, 1.165) is 5.56 Å². The highest BCUT2D eigenvalue weighted by Gasteiger charge is 2.19. The van der Waals surface area contributed by atoms with Crippen molar-refractivity contribution in [3.8, 4) is 45.6 Å². The number of hydrogen-bond donors (Lipinski definition) is 4. The summed E-state index contributed by atoms with van der Waals surface area (Å²) < 4.78 is 1.44. The maximum absolute atomic E-state index is 12.4. The average molecular weight is 349 g/mol. The average Bonchev–Trinajstić information content (AvgIpc) is 2.92. The number of nitrogens with one attached hydrogen (secondary N) is 1. The van der Waals surface area contributed by atoms with Gasteiger partial charge in [-0.25, -0.2) is 4.98 Å². The molecule has 0 amide bonds. The van der Waals surface area contributed by atoms with E-state index < -0.39 is 0 Å². The molecule has 7 heteroatoms. The molecule has 2 heterocycles. The van der Waals surface area contributed by atoms with Crippen LogP contribution >= 0.6 is 0 Å². The molecule has 0 bridgehead atoms. The van der Waals surface area contributed by atoms with E-state index in [1.807, 2.05) is 0 Å². The van der Waals surface area contributed by atoms with Crippen LogP contribution in [-0.4, -0.2) is 29.9 Å². The number of phenols is 3. The number of aromatic amines is 1. The third-order valence-corrected chi connectivity index (χ3v) is 4.21. The van der Waals surface area contributed by atoms with Gasteiger partial charge in [0, 0.05) is 17.3 Å². The Kier molecular flexibility index (Phi) is 3.43. The number of H-pyrrole nitrogens is 1. The van der Waals surface area contributed by atoms with E-state index in [9.17, 15) is 20.1 Å². The predicted octanol–water partition coefficient (Wildman–Crippen LogP) is 2.76. The zero-order valence-electron chi connectivity index (χ0n) is 13.8. The van der Waals surface area contributed by atoms with Crippen LogP contribution in [0.25, 0.3) is 28.3 Å². The summed E-state index contributed by atoms with van der Waals surface area (Å²) in [6.45, 7) is 1.64. The Labute approximate surface area is 147 Å². The van der Waals surface area contributed by atoms with Gasteiger partial charge in [0.1, 0.15) is 11.4 Å². The van der Waals surface area contributed by atoms with Crippen LogP contribution in [-0.2, 0) is 0 Å². The number of phenolic OH excluding ortho intramolecular Hbond substituents is 3. The first-order valence-corrected chi connectivity index (χ1v) is 7.88. The monoisotopic (exact) mass is 349 g/mol. The summed E-state index contributed by atoms with van der Waals surface area (Å²) in [7, 11) is 0. The van der Waals surface area contributed by atoms with Crippen molar-refractivity contribution in [2.45, 2.75) is 6.92 Å². The van der Waals surface area contributed by atoms with Crippen molar-refractivity contribution in [2.75, 3.05) is 0 Å². The molecule has 130 valence electrons. The predicted molar refractivity (Wildman–Crippen MR) is 96.0 cm³/mol. The van der Waals surface area contributed by atoms with Crippen molar-refractivity contribution in [3.63, 3.8) is 0 Å². The van der Waals surface area contributed by atoms with Gasteiger partial charge in [0.2, 0.25) is 0 Å². The van der Waals surface area contributed by atoms with E-state index in [2.05, 4.69) is 9.97 Å². The molecule has 0 aliphatic carbocycles. The number of benzene rings is 2. The summed E-state index contributed by atoms with van der Waals surface area (Å²) in [5, 5.41) is 28.8. The number of hydrogen-bond acceptors (Lipinski definition) is 5. The van der Waals surface area contributed by atoms with Gasteiger partial charge >= 0.3 is 0 Å². The van der Waals surface area contributed by atoms with Gasteiger partial charge in [0.05, 0.1) is 11.4 Å². The highest BCUT2D eigenvalue weighted by Crippen LogP contribution is 2.33. The van der Waals surface area contributed by atoms with Gasteiger partial charge in [-0.1, -0.05) is 0 Å². The van der Waals surface area contributed by atoms with Crippen molar-refractivity contribution in [2.24, 2.45) is 0 Å². The zero-order valence-corrected chi connectivity index (χ0v) is 13.8. The number of nitrogens with zero attached hydrogens (tertiary/aromatic N) is 2. The minimum atomic E-state index is -0.258. The first kappa shape index (κ1) is 15.8. The maximum Gasteiger partial charge on any atom is 0.277 e. The standard InChI is InChI=1S/C19H15N3O4/c1-10-19(26)22-9-14(12-4-7-15(24)16(25)8-12)21-17(18(22)20-10)11-2-5-13(23)6-3-11/h2-9,21,23-25H,1H3. The van der Waals surface area contributed by atoms with Gasteiger partial charge in [0.15, 0.2) is 17.3 Å². The minimum Gasteiger partial charge on any atom is -0.508 e. The van der Waals surface area contributed by atoms with E-state index >= 15 is 0 Å². The lowest BCUT2D eigenvalue weighted by atomic mass is 10.1. The molecule has 0 unspecified atom stereocenters. The quantitative estimate of drug-likeness (QED) is 0.416. The van der Waals surface area contributed by atoms with Crippen molar-refractivity contribution >= 4 is 0 Å². The summed E-state index contributed by atoms with van der Waals surface area (Å²) in [4.78, 5) is 20.0. The molecule has 2 aromatic rings. The molecule has 2 aliphatic rings. The van der Waals surface area contributed by atoms with Gasteiger partial charge in [-0.05, 0) is 49.4 Å². The summed E-state index contributed by atoms with van der Waals surface area (Å²) in [6, 6.07) is 10.9. The number of rotatable bonds is 2. The SMILES string of the molecule is Cc1nc2c(-c3ccc(O)cc3)[nH]c(-c3ccc(O)c(O)c3)cn-2c1=O. The third-order valence-electron chi connectivity index (χ3n) is 4.21. The van der Waals surface area contributed by atoms with Crippen molar-refractivity contribution < 1.29 is 15.3 Å². The topological polar surface area (TPSA) is 111 Å². The lowest BCUT2D eigenvalue weighted by molar-refractivity contribution is 0.404. The van der Waals surface area contributed by atoms with E-state index in [-0.39, 0.29) is 22.8 Å². The Morgan fingerprint density at radius 3 is 2.35 bits per heavy atom. The maximum atomic E-state index is 12.4. The van der Waals surface area contributed by atoms with Crippen LogP contribution in [0.4, 0.5) is 0 Å². The van der Waals surface area contributed by atoms with Gasteiger partial charge in [-0.15, -0.1) is 0 Å². The fraction of sp³-hybridized carbons (Fsp3) is 0.0526. The fourth-order valence-electron chi connectivity index (χ4n) is 2.85. The van der Waals surface area contributed by atoms with Gasteiger partial charge in [0.25, 0.3) is 5.56 Å². The lowest BCUT2D eigenvalue weighted by Gasteiger charge is -2.14. The summed E-state index contributed by atoms with van der Waals surface area (Å²) in [6.07, 6.45) is 1.60. The van der Waals surface area contributed by atoms with Gasteiger partial charge < -0.3 is 20.3 Å². The van der Waals surface area contributed by atoms with Crippen molar-refractivity contribution in [3.05, 3.63) is 64.7 Å². The molecule has 2 aromatic carbocycles. The zero-order chi connectivity index (χ0) is 18.4. The first-order valence-electron chi connectivity index (χ1n) is 7.88. The molecule has 2 aliphatic heterocycles. The molecule has 4 rings (SSSR count). The summed E-state index contributed by atoms with van der Waals surface area (Å²) in [5.41, 5.74) is 2.61. The number of aromatic nitrogens is 3. The number of imidazole rings is 1. The molecule has 4 N–H and O–H groups in total. The Balaban J connectivity index is 2.01. The van der Waals surface area contributed by atoms with Crippen molar-refractivity contribution in [1.29, 1.82) is 0 Å². The van der Waals surface area contributed by atoms with Crippen molar-refractivity contribution in [1.82, 2.24) is 14.5 Å². The Hall–Kier alpha value is -3.74. The lowest BCUT2D eigenvalue weighted by Crippen LogP contribution is -2.15. The van der Waals surface area contributed by atoms with E-state index in [0.29, 0.717) is 28.5 Å². The van der Waals surface area contributed by atoms with Crippen LogP contribution in [0.2, 0.25) is 0 Å². The van der Waals surface area contributed by atoms with Gasteiger partial charge in [-0.3, -0.25) is 9.36 Å². The minimum absolute atomic E-state index is 0.133. The molecule has 0 saturated carbocycles. The molecule has 0 atom stereocenters. The second-order valence-corrected chi connectivity index (χ2v) is 5.99. The normalized spacial score (nSPS) is 11.1. The summed E-state index contributed by atoms with van der Waals surface area (Å²) >= 11 is 0. The van der Waals surface area contributed by atoms with Gasteiger partial charge in [-0.2, -0.15) is 0 Å². The Morgan fingerprint density at radius 2 is 1.65 bits per heavy atom. The molecular formula is C19H15N3O4. The second-order valence-electron chi connectivity index (χ2n) is 5.99. The fourth-order valence-corrected chi connectivity index (χ4v) is 2.85. The summed E-state index contributed by atoms with van der Waals surface area (Å²) in [5.74, 6) is 0.112. The molecule has 0 aromatic heterocycles.